The number of rotatable bonds is 4. The second-order valence-corrected chi connectivity index (χ2v) is 6.96. The van der Waals surface area contributed by atoms with Gasteiger partial charge in [0.15, 0.2) is 5.82 Å². The highest BCUT2D eigenvalue weighted by molar-refractivity contribution is 5.88. The standard InChI is InChI=1S/C17H26N4O3/c1-12-18-15(24-19-12)11-20(2)16(22)13-7-3-4-8-14(13)17(23)21-9-5-6-10-21/h13-14H,3-11H2,1-2H3/t13-,14+/m0/s1. The van der Waals surface area contributed by atoms with Gasteiger partial charge < -0.3 is 14.3 Å². The van der Waals surface area contributed by atoms with Crippen LogP contribution in [0.2, 0.25) is 0 Å². The summed E-state index contributed by atoms with van der Waals surface area (Å²) in [6.07, 6.45) is 5.80. The number of hydrogen-bond acceptors (Lipinski definition) is 5. The van der Waals surface area contributed by atoms with Crippen LogP contribution in [0.4, 0.5) is 0 Å². The van der Waals surface area contributed by atoms with E-state index < -0.39 is 0 Å². The van der Waals surface area contributed by atoms with E-state index in [4.69, 9.17) is 4.52 Å². The maximum Gasteiger partial charge on any atom is 0.246 e. The number of carbonyl (C=O) groups excluding carboxylic acids is 2. The van der Waals surface area contributed by atoms with Crippen molar-refractivity contribution >= 4 is 11.8 Å². The number of aromatic nitrogens is 2. The molecule has 1 saturated carbocycles. The van der Waals surface area contributed by atoms with Crippen LogP contribution in [0.5, 0.6) is 0 Å². The van der Waals surface area contributed by atoms with Crippen LogP contribution in [0.15, 0.2) is 4.52 Å². The molecule has 2 heterocycles. The Kier molecular flexibility index (Phi) is 5.16. The Labute approximate surface area is 142 Å². The van der Waals surface area contributed by atoms with Crippen LogP contribution in [-0.4, -0.2) is 51.9 Å². The lowest BCUT2D eigenvalue weighted by molar-refractivity contribution is -0.147. The quantitative estimate of drug-likeness (QED) is 0.838. The molecule has 0 N–H and O–H groups in total. The minimum absolute atomic E-state index is 0.0168. The molecule has 7 heteroatoms. The monoisotopic (exact) mass is 334 g/mol. The molecule has 1 aromatic heterocycles. The maximum atomic E-state index is 12.9. The predicted molar refractivity (Wildman–Crippen MR) is 86.8 cm³/mol. The summed E-state index contributed by atoms with van der Waals surface area (Å²) >= 11 is 0. The van der Waals surface area contributed by atoms with Crippen LogP contribution in [0.1, 0.15) is 50.2 Å². The van der Waals surface area contributed by atoms with Gasteiger partial charge in [0.25, 0.3) is 0 Å². The molecule has 2 fully saturated rings. The Morgan fingerprint density at radius 1 is 1.17 bits per heavy atom. The first-order valence-corrected chi connectivity index (χ1v) is 8.89. The molecule has 3 rings (SSSR count). The number of nitrogens with zero attached hydrogens (tertiary/aromatic N) is 4. The molecule has 0 radical (unpaired) electrons. The first-order chi connectivity index (χ1) is 11.6. The molecule has 0 bridgehead atoms. The Morgan fingerprint density at radius 3 is 2.46 bits per heavy atom. The fourth-order valence-corrected chi connectivity index (χ4v) is 3.86. The van der Waals surface area contributed by atoms with E-state index in [1.54, 1.807) is 18.9 Å². The largest absolute Gasteiger partial charge is 0.342 e. The number of amides is 2. The zero-order valence-electron chi connectivity index (χ0n) is 14.5. The number of carbonyl (C=O) groups is 2. The van der Waals surface area contributed by atoms with E-state index in [2.05, 4.69) is 10.1 Å². The summed E-state index contributed by atoms with van der Waals surface area (Å²) in [5, 5.41) is 3.75. The normalized spacial score (nSPS) is 24.2. The fourth-order valence-electron chi connectivity index (χ4n) is 3.86. The van der Waals surface area contributed by atoms with Gasteiger partial charge in [-0.2, -0.15) is 4.98 Å². The van der Waals surface area contributed by atoms with E-state index in [0.717, 1.165) is 51.6 Å². The van der Waals surface area contributed by atoms with Crippen molar-refractivity contribution < 1.29 is 14.1 Å². The van der Waals surface area contributed by atoms with E-state index in [1.807, 2.05) is 4.90 Å². The first kappa shape index (κ1) is 16.9. The maximum absolute atomic E-state index is 12.9. The second kappa shape index (κ2) is 7.32. The molecule has 2 atom stereocenters. The van der Waals surface area contributed by atoms with Gasteiger partial charge >= 0.3 is 0 Å². The number of likely N-dealkylation sites (tertiary alicyclic amines) is 1. The fraction of sp³-hybridized carbons (Fsp3) is 0.765. The van der Waals surface area contributed by atoms with Gasteiger partial charge in [0.05, 0.1) is 6.54 Å². The Morgan fingerprint density at radius 2 is 1.83 bits per heavy atom. The topological polar surface area (TPSA) is 79.5 Å². The summed E-state index contributed by atoms with van der Waals surface area (Å²) in [7, 11) is 1.74. The van der Waals surface area contributed by atoms with Gasteiger partial charge in [0, 0.05) is 32.0 Å². The lowest BCUT2D eigenvalue weighted by Crippen LogP contribution is -2.45. The van der Waals surface area contributed by atoms with Crippen LogP contribution < -0.4 is 0 Å². The highest BCUT2D eigenvalue weighted by Gasteiger charge is 2.39. The van der Waals surface area contributed by atoms with Crippen LogP contribution in [-0.2, 0) is 16.1 Å². The molecule has 2 amide bonds. The third-order valence-corrected chi connectivity index (χ3v) is 5.14. The molecule has 0 spiro atoms. The van der Waals surface area contributed by atoms with Crippen LogP contribution in [0, 0.1) is 18.8 Å². The first-order valence-electron chi connectivity index (χ1n) is 8.89. The molecular formula is C17H26N4O3. The molecule has 1 aliphatic heterocycles. The molecule has 24 heavy (non-hydrogen) atoms. The lowest BCUT2D eigenvalue weighted by Gasteiger charge is -2.34. The highest BCUT2D eigenvalue weighted by atomic mass is 16.5. The van der Waals surface area contributed by atoms with E-state index in [9.17, 15) is 9.59 Å². The number of aryl methyl sites for hydroxylation is 1. The van der Waals surface area contributed by atoms with Crippen molar-refractivity contribution in [1.82, 2.24) is 19.9 Å². The van der Waals surface area contributed by atoms with Gasteiger partial charge in [0.1, 0.15) is 0 Å². The van der Waals surface area contributed by atoms with E-state index in [0.29, 0.717) is 18.3 Å². The number of hydrogen-bond donors (Lipinski definition) is 0. The van der Waals surface area contributed by atoms with Crippen molar-refractivity contribution in [3.8, 4) is 0 Å². The molecule has 1 aromatic rings. The van der Waals surface area contributed by atoms with Gasteiger partial charge in [-0.3, -0.25) is 9.59 Å². The van der Waals surface area contributed by atoms with Crippen molar-refractivity contribution in [3.63, 3.8) is 0 Å². The van der Waals surface area contributed by atoms with Gasteiger partial charge in [0.2, 0.25) is 17.7 Å². The molecule has 1 saturated heterocycles. The summed E-state index contributed by atoms with van der Waals surface area (Å²) in [6, 6.07) is 0. The van der Waals surface area contributed by atoms with Crippen molar-refractivity contribution in [2.45, 2.75) is 52.0 Å². The molecule has 0 unspecified atom stereocenters. The molecule has 2 aliphatic rings. The summed E-state index contributed by atoms with van der Waals surface area (Å²) < 4.78 is 5.10. The molecule has 0 aromatic carbocycles. The smallest absolute Gasteiger partial charge is 0.246 e. The van der Waals surface area contributed by atoms with Crippen molar-refractivity contribution in [2.75, 3.05) is 20.1 Å². The predicted octanol–water partition coefficient (Wildman–Crippen LogP) is 1.77. The Bertz CT molecular complexity index is 594. The van der Waals surface area contributed by atoms with Crippen LogP contribution >= 0.6 is 0 Å². The van der Waals surface area contributed by atoms with Gasteiger partial charge in [-0.25, -0.2) is 0 Å². The average molecular weight is 334 g/mol. The van der Waals surface area contributed by atoms with Gasteiger partial charge in [-0.15, -0.1) is 0 Å². The zero-order chi connectivity index (χ0) is 17.1. The Balaban J connectivity index is 1.67. The summed E-state index contributed by atoms with van der Waals surface area (Å²) in [5.74, 6) is 0.792. The molecule has 132 valence electrons. The second-order valence-electron chi connectivity index (χ2n) is 6.96. The van der Waals surface area contributed by atoms with Crippen LogP contribution in [0.25, 0.3) is 0 Å². The molecule has 1 aliphatic carbocycles. The van der Waals surface area contributed by atoms with E-state index in [-0.39, 0.29) is 23.7 Å². The average Bonchev–Trinajstić information content (AvgIpc) is 3.25. The van der Waals surface area contributed by atoms with Crippen LogP contribution in [0.3, 0.4) is 0 Å². The molecule has 7 nitrogen and oxygen atoms in total. The zero-order valence-corrected chi connectivity index (χ0v) is 14.5. The lowest BCUT2D eigenvalue weighted by atomic mass is 9.77. The molecular weight excluding hydrogens is 308 g/mol. The SMILES string of the molecule is Cc1noc(CN(C)C(=O)[C@H]2CCCC[C@H]2C(=O)N2CCCC2)n1. The summed E-state index contributed by atoms with van der Waals surface area (Å²) in [6.45, 7) is 3.72. The third kappa shape index (κ3) is 3.60. The van der Waals surface area contributed by atoms with Crippen molar-refractivity contribution in [3.05, 3.63) is 11.7 Å². The third-order valence-electron chi connectivity index (χ3n) is 5.14. The van der Waals surface area contributed by atoms with Crippen molar-refractivity contribution in [1.29, 1.82) is 0 Å². The van der Waals surface area contributed by atoms with Gasteiger partial charge in [-0.1, -0.05) is 18.0 Å². The minimum Gasteiger partial charge on any atom is -0.342 e. The summed E-state index contributed by atoms with van der Waals surface area (Å²) in [4.78, 5) is 33.4. The highest BCUT2D eigenvalue weighted by Crippen LogP contribution is 2.33. The van der Waals surface area contributed by atoms with Gasteiger partial charge in [-0.05, 0) is 32.6 Å². The van der Waals surface area contributed by atoms with Crippen molar-refractivity contribution in [2.24, 2.45) is 11.8 Å². The Hall–Kier alpha value is -1.92. The minimum atomic E-state index is -0.221. The summed E-state index contributed by atoms with van der Waals surface area (Å²) in [5.41, 5.74) is 0. The van der Waals surface area contributed by atoms with E-state index >= 15 is 0 Å². The van der Waals surface area contributed by atoms with E-state index in [1.165, 1.54) is 0 Å².